The van der Waals surface area contributed by atoms with Gasteiger partial charge < -0.3 is 0 Å². The minimum atomic E-state index is 0.524. The summed E-state index contributed by atoms with van der Waals surface area (Å²) >= 11 is 5.93. The first-order chi connectivity index (χ1) is 8.66. The molecule has 2 heterocycles. The van der Waals surface area contributed by atoms with Gasteiger partial charge in [0.05, 0.1) is 5.69 Å². The first kappa shape index (κ1) is 11.7. The quantitative estimate of drug-likeness (QED) is 0.720. The number of hydrogen-bond donors (Lipinski definition) is 1. The zero-order valence-corrected chi connectivity index (χ0v) is 11.9. The third-order valence-electron chi connectivity index (χ3n) is 2.98. The minimum Gasteiger partial charge on any atom is -0.261 e. The van der Waals surface area contributed by atoms with Crippen LogP contribution in [0.4, 0.5) is 0 Å². The van der Waals surface area contributed by atoms with Gasteiger partial charge in [-0.2, -0.15) is 0 Å². The van der Waals surface area contributed by atoms with Crippen LogP contribution in [-0.4, -0.2) is 14.6 Å². The van der Waals surface area contributed by atoms with Crippen LogP contribution in [0.5, 0.6) is 0 Å². The molecule has 3 nitrogen and oxygen atoms in total. The highest BCUT2D eigenvalue weighted by Crippen LogP contribution is 2.29. The first-order valence-corrected chi connectivity index (χ1v) is 7.11. The van der Waals surface area contributed by atoms with Crippen LogP contribution in [0.1, 0.15) is 25.3 Å². The Morgan fingerprint density at radius 3 is 2.89 bits per heavy atom. The normalized spacial score (nSPS) is 11.6. The Bertz CT molecular complexity index is 697. The Morgan fingerprint density at radius 1 is 1.28 bits per heavy atom. The summed E-state index contributed by atoms with van der Waals surface area (Å²) in [6.45, 7) is 4.40. The van der Waals surface area contributed by atoms with Crippen molar-refractivity contribution in [2.75, 3.05) is 0 Å². The largest absolute Gasteiger partial charge is 0.261 e. The van der Waals surface area contributed by atoms with Crippen molar-refractivity contribution in [3.63, 3.8) is 0 Å². The fraction of sp³-hybridized carbons (Fsp3) is 0.231. The molecule has 0 N–H and O–H groups in total. The molecule has 2 aromatic heterocycles. The van der Waals surface area contributed by atoms with Gasteiger partial charge in [0.1, 0.15) is 0 Å². The maximum absolute atomic E-state index is 4.35. The van der Waals surface area contributed by atoms with Gasteiger partial charge in [0.15, 0.2) is 5.16 Å². The van der Waals surface area contributed by atoms with Crippen molar-refractivity contribution in [1.29, 1.82) is 0 Å². The van der Waals surface area contributed by atoms with E-state index in [-0.39, 0.29) is 0 Å². The molecule has 0 fully saturated rings. The molecule has 0 bridgehead atoms. The molecule has 0 spiro atoms. The van der Waals surface area contributed by atoms with Crippen LogP contribution in [0.2, 0.25) is 0 Å². The lowest BCUT2D eigenvalue weighted by Crippen LogP contribution is -1.90. The Kier molecular flexibility index (Phi) is 2.87. The van der Waals surface area contributed by atoms with E-state index in [0.717, 1.165) is 10.7 Å². The molecule has 1 aromatic carbocycles. The number of fused-ring (bicyclic) bond motifs is 1. The van der Waals surface area contributed by atoms with Crippen molar-refractivity contribution in [2.45, 2.75) is 24.9 Å². The van der Waals surface area contributed by atoms with E-state index >= 15 is 0 Å². The molecule has 0 atom stereocenters. The molecule has 0 amide bonds. The second-order valence-corrected chi connectivity index (χ2v) is 5.76. The van der Waals surface area contributed by atoms with Crippen LogP contribution in [-0.2, 0) is 0 Å². The number of rotatable bonds is 2. The number of thiol groups is 1. The number of hydrogen-bond acceptors (Lipinski definition) is 4. The minimum absolute atomic E-state index is 0.524. The van der Waals surface area contributed by atoms with Gasteiger partial charge in [-0.05, 0) is 23.1 Å². The van der Waals surface area contributed by atoms with Crippen molar-refractivity contribution >= 4 is 28.9 Å². The van der Waals surface area contributed by atoms with E-state index in [1.54, 1.807) is 11.3 Å². The third-order valence-corrected chi connectivity index (χ3v) is 4.09. The van der Waals surface area contributed by atoms with Gasteiger partial charge in [0.25, 0.3) is 0 Å². The van der Waals surface area contributed by atoms with Gasteiger partial charge in [-0.15, -0.1) is 34.2 Å². The molecule has 0 aliphatic rings. The highest BCUT2D eigenvalue weighted by Gasteiger charge is 2.11. The maximum atomic E-state index is 4.35. The number of benzene rings is 1. The van der Waals surface area contributed by atoms with Crippen LogP contribution < -0.4 is 0 Å². The van der Waals surface area contributed by atoms with Crippen molar-refractivity contribution in [2.24, 2.45) is 0 Å². The molecule has 92 valence electrons. The van der Waals surface area contributed by atoms with Gasteiger partial charge in [-0.25, -0.2) is 0 Å². The smallest absolute Gasteiger partial charge is 0.217 e. The summed E-state index contributed by atoms with van der Waals surface area (Å²) < 4.78 is 1.98. The predicted molar refractivity (Wildman–Crippen MR) is 77.6 cm³/mol. The monoisotopic (exact) mass is 275 g/mol. The van der Waals surface area contributed by atoms with Crippen LogP contribution >= 0.6 is 24.0 Å². The summed E-state index contributed by atoms with van der Waals surface area (Å²) in [5.41, 5.74) is 3.62. The summed E-state index contributed by atoms with van der Waals surface area (Å²) in [5.74, 6) is 0.524. The third kappa shape index (κ3) is 1.83. The van der Waals surface area contributed by atoms with E-state index in [2.05, 4.69) is 66.3 Å². The summed E-state index contributed by atoms with van der Waals surface area (Å²) in [7, 11) is 0. The van der Waals surface area contributed by atoms with E-state index < -0.39 is 0 Å². The highest BCUT2D eigenvalue weighted by atomic mass is 32.1. The van der Waals surface area contributed by atoms with Crippen LogP contribution in [0.15, 0.2) is 34.8 Å². The molecule has 5 heteroatoms. The van der Waals surface area contributed by atoms with E-state index in [0.29, 0.717) is 11.1 Å². The molecule has 0 unspecified atom stereocenters. The lowest BCUT2D eigenvalue weighted by Gasteiger charge is -2.07. The average Bonchev–Trinajstić information content (AvgIpc) is 2.93. The standard InChI is InChI=1S/C13H13N3S2/c1-8(2)9-4-3-5-10(6-9)11-7-18-13-15-14-12(17)16(11)13/h3-8H,1-2H3,(H,14,17). The second-order valence-electron chi connectivity index (χ2n) is 4.52. The molecule has 0 saturated carbocycles. The number of thiazole rings is 1. The van der Waals surface area contributed by atoms with Gasteiger partial charge >= 0.3 is 0 Å². The van der Waals surface area contributed by atoms with Gasteiger partial charge in [0.2, 0.25) is 4.96 Å². The van der Waals surface area contributed by atoms with Gasteiger partial charge in [-0.1, -0.05) is 32.0 Å². The lowest BCUT2D eigenvalue weighted by molar-refractivity contribution is 0.866. The van der Waals surface area contributed by atoms with Crippen molar-refractivity contribution in [3.05, 3.63) is 35.2 Å². The van der Waals surface area contributed by atoms with Crippen molar-refractivity contribution in [1.82, 2.24) is 14.6 Å². The summed E-state index contributed by atoms with van der Waals surface area (Å²) in [4.78, 5) is 0.880. The molecule has 3 aromatic rings. The molecular weight excluding hydrogens is 262 g/mol. The van der Waals surface area contributed by atoms with Crippen LogP contribution in [0.25, 0.3) is 16.2 Å². The topological polar surface area (TPSA) is 30.2 Å². The fourth-order valence-electron chi connectivity index (χ4n) is 1.97. The fourth-order valence-corrected chi connectivity index (χ4v) is 3.12. The van der Waals surface area contributed by atoms with E-state index in [9.17, 15) is 0 Å². The molecule has 3 rings (SSSR count). The average molecular weight is 275 g/mol. The van der Waals surface area contributed by atoms with Crippen LogP contribution in [0.3, 0.4) is 0 Å². The predicted octanol–water partition coefficient (Wildman–Crippen LogP) is 3.87. The van der Waals surface area contributed by atoms with E-state index in [1.807, 2.05) is 4.40 Å². The Labute approximate surface area is 115 Å². The van der Waals surface area contributed by atoms with E-state index in [4.69, 9.17) is 0 Å². The Morgan fingerprint density at radius 2 is 2.11 bits per heavy atom. The zero-order valence-electron chi connectivity index (χ0n) is 10.2. The molecule has 18 heavy (non-hydrogen) atoms. The SMILES string of the molecule is CC(C)c1cccc(-c2csc3nnc(S)n23)c1. The number of aromatic nitrogens is 3. The van der Waals surface area contributed by atoms with E-state index in [1.165, 1.54) is 11.1 Å². The van der Waals surface area contributed by atoms with Gasteiger partial charge in [0, 0.05) is 5.38 Å². The molecular formula is C13H13N3S2. The summed E-state index contributed by atoms with van der Waals surface area (Å²) in [6, 6.07) is 8.59. The molecule has 0 aliphatic carbocycles. The van der Waals surface area contributed by atoms with Gasteiger partial charge in [-0.3, -0.25) is 4.40 Å². The van der Waals surface area contributed by atoms with Crippen molar-refractivity contribution in [3.8, 4) is 11.3 Å². The van der Waals surface area contributed by atoms with Crippen LogP contribution in [0, 0.1) is 0 Å². The summed E-state index contributed by atoms with van der Waals surface area (Å²) in [5, 5.41) is 10.8. The Hall–Kier alpha value is -1.33. The maximum Gasteiger partial charge on any atom is 0.217 e. The first-order valence-electron chi connectivity index (χ1n) is 5.78. The highest BCUT2D eigenvalue weighted by molar-refractivity contribution is 7.80. The second kappa shape index (κ2) is 4.40. The molecule has 0 saturated heterocycles. The summed E-state index contributed by atoms with van der Waals surface area (Å²) in [6.07, 6.45) is 0. The van der Waals surface area contributed by atoms with Crippen molar-refractivity contribution < 1.29 is 0 Å². The molecule has 0 radical (unpaired) electrons. The number of nitrogens with zero attached hydrogens (tertiary/aromatic N) is 3. The Balaban J connectivity index is 2.19. The lowest BCUT2D eigenvalue weighted by atomic mass is 10.00. The molecule has 0 aliphatic heterocycles. The zero-order chi connectivity index (χ0) is 12.7.